The van der Waals surface area contributed by atoms with E-state index in [1.54, 1.807) is 0 Å². The smallest absolute Gasteiger partial charge is 0.188 e. The summed E-state index contributed by atoms with van der Waals surface area (Å²) in [6, 6.07) is 4.00. The Hall–Kier alpha value is -1.53. The first kappa shape index (κ1) is 9.56. The highest BCUT2D eigenvalue weighted by Gasteiger charge is 2.02. The molecular formula is C10H9FO2. The Balaban J connectivity index is 2.89. The molecule has 1 rings (SSSR count). The van der Waals surface area contributed by atoms with E-state index in [2.05, 4.69) is 10.7 Å². The van der Waals surface area contributed by atoms with E-state index >= 15 is 0 Å². The Labute approximate surface area is 76.3 Å². The minimum Gasteiger partial charge on any atom is -0.466 e. The van der Waals surface area contributed by atoms with E-state index < -0.39 is 0 Å². The van der Waals surface area contributed by atoms with Gasteiger partial charge in [0.25, 0.3) is 0 Å². The summed E-state index contributed by atoms with van der Waals surface area (Å²) in [7, 11) is 1.48. The summed E-state index contributed by atoms with van der Waals surface area (Å²) < 4.78 is 22.4. The number of hydrogen-bond acceptors (Lipinski definition) is 2. The molecule has 0 radical (unpaired) electrons. The van der Waals surface area contributed by atoms with Crippen LogP contribution in [0.25, 0.3) is 0 Å². The zero-order chi connectivity index (χ0) is 9.68. The summed E-state index contributed by atoms with van der Waals surface area (Å²) in [4.78, 5) is 0. The highest BCUT2D eigenvalue weighted by atomic mass is 19.1. The summed E-state index contributed by atoms with van der Waals surface area (Å²) >= 11 is 0. The maximum atomic E-state index is 12.7. The van der Waals surface area contributed by atoms with Crippen LogP contribution in [0.4, 0.5) is 4.39 Å². The quantitative estimate of drug-likeness (QED) is 0.521. The zero-order valence-electron chi connectivity index (χ0n) is 7.21. The average molecular weight is 180 g/mol. The minimum atomic E-state index is -0.384. The predicted molar refractivity (Wildman–Crippen MR) is 46.8 cm³/mol. The fourth-order valence-electron chi connectivity index (χ4n) is 0.857. The number of halogens is 1. The summed E-state index contributed by atoms with van der Waals surface area (Å²) in [5.74, 6) is 2.32. The van der Waals surface area contributed by atoms with Gasteiger partial charge < -0.3 is 9.47 Å². The van der Waals surface area contributed by atoms with Gasteiger partial charge in [0.05, 0.1) is 5.56 Å². The van der Waals surface area contributed by atoms with Gasteiger partial charge in [-0.25, -0.2) is 4.39 Å². The van der Waals surface area contributed by atoms with E-state index in [0.29, 0.717) is 11.3 Å². The van der Waals surface area contributed by atoms with Crippen molar-refractivity contribution in [2.24, 2.45) is 0 Å². The van der Waals surface area contributed by atoms with Crippen LogP contribution in [0.1, 0.15) is 5.56 Å². The van der Waals surface area contributed by atoms with Crippen molar-refractivity contribution >= 4 is 0 Å². The number of ether oxygens (including phenoxy) is 2. The van der Waals surface area contributed by atoms with Crippen molar-refractivity contribution in [3.05, 3.63) is 29.6 Å². The first-order valence-corrected chi connectivity index (χ1v) is 3.66. The average Bonchev–Trinajstić information content (AvgIpc) is 2.15. The van der Waals surface area contributed by atoms with Gasteiger partial charge in [-0.2, -0.15) is 0 Å². The van der Waals surface area contributed by atoms with E-state index in [1.807, 2.05) is 0 Å². The summed E-state index contributed by atoms with van der Waals surface area (Å²) in [6.45, 7) is 0.0537. The van der Waals surface area contributed by atoms with Gasteiger partial charge in [0, 0.05) is 13.2 Å². The third-order valence-electron chi connectivity index (χ3n) is 1.43. The van der Waals surface area contributed by atoms with E-state index in [4.69, 9.17) is 11.2 Å². The Bertz CT molecular complexity index is 328. The fraction of sp³-hybridized carbons (Fsp3) is 0.200. The molecule has 1 aromatic carbocycles. The van der Waals surface area contributed by atoms with Crippen LogP contribution in [0.15, 0.2) is 18.2 Å². The van der Waals surface area contributed by atoms with Crippen LogP contribution in [0, 0.1) is 18.2 Å². The molecule has 0 spiro atoms. The van der Waals surface area contributed by atoms with Crippen LogP contribution in [0.2, 0.25) is 0 Å². The number of methoxy groups -OCH3 is 1. The van der Waals surface area contributed by atoms with Crippen molar-refractivity contribution in [2.45, 2.75) is 0 Å². The second-order valence-corrected chi connectivity index (χ2v) is 2.34. The molecule has 13 heavy (non-hydrogen) atoms. The maximum absolute atomic E-state index is 12.7. The molecular weight excluding hydrogens is 171 g/mol. The lowest BCUT2D eigenvalue weighted by Gasteiger charge is -2.06. The van der Waals surface area contributed by atoms with E-state index in [9.17, 15) is 4.39 Å². The van der Waals surface area contributed by atoms with Crippen LogP contribution < -0.4 is 4.74 Å². The van der Waals surface area contributed by atoms with Gasteiger partial charge >= 0.3 is 0 Å². The standard InChI is InChI=1S/C10H9FO2/c1-3-8-4-5-9(11)6-10(8)13-7-12-2/h1,4-6H,7H2,2H3. The molecule has 0 unspecified atom stereocenters. The van der Waals surface area contributed by atoms with Crippen molar-refractivity contribution < 1.29 is 13.9 Å². The molecule has 0 atom stereocenters. The van der Waals surface area contributed by atoms with Crippen molar-refractivity contribution in [1.29, 1.82) is 0 Å². The summed E-state index contributed by atoms with van der Waals surface area (Å²) in [5, 5.41) is 0. The Morgan fingerprint density at radius 3 is 2.92 bits per heavy atom. The normalized spacial score (nSPS) is 9.31. The molecule has 0 aliphatic carbocycles. The molecule has 0 aromatic heterocycles. The Kier molecular flexibility index (Phi) is 3.30. The SMILES string of the molecule is C#Cc1ccc(F)cc1OCOC. The number of rotatable bonds is 3. The first-order valence-electron chi connectivity index (χ1n) is 3.66. The predicted octanol–water partition coefficient (Wildman–Crippen LogP) is 1.79. The van der Waals surface area contributed by atoms with Crippen LogP contribution in [-0.2, 0) is 4.74 Å². The van der Waals surface area contributed by atoms with Crippen LogP contribution >= 0.6 is 0 Å². The minimum absolute atomic E-state index is 0.0537. The topological polar surface area (TPSA) is 18.5 Å². The zero-order valence-corrected chi connectivity index (χ0v) is 7.21. The highest BCUT2D eigenvalue weighted by Crippen LogP contribution is 2.18. The molecule has 68 valence electrons. The lowest BCUT2D eigenvalue weighted by molar-refractivity contribution is 0.0507. The molecule has 0 heterocycles. The number of terminal acetylenes is 1. The number of benzene rings is 1. The van der Waals surface area contributed by atoms with E-state index in [1.165, 1.54) is 25.3 Å². The largest absolute Gasteiger partial charge is 0.466 e. The second kappa shape index (κ2) is 4.48. The molecule has 0 saturated heterocycles. The fourth-order valence-corrected chi connectivity index (χ4v) is 0.857. The van der Waals surface area contributed by atoms with Crippen LogP contribution in [0.3, 0.4) is 0 Å². The second-order valence-electron chi connectivity index (χ2n) is 2.34. The van der Waals surface area contributed by atoms with Crippen molar-refractivity contribution in [3.63, 3.8) is 0 Å². The summed E-state index contributed by atoms with van der Waals surface area (Å²) in [6.07, 6.45) is 5.18. The van der Waals surface area contributed by atoms with Crippen LogP contribution in [-0.4, -0.2) is 13.9 Å². The lowest BCUT2D eigenvalue weighted by Crippen LogP contribution is -2.00. The summed E-state index contributed by atoms with van der Waals surface area (Å²) in [5.41, 5.74) is 0.512. The van der Waals surface area contributed by atoms with E-state index in [-0.39, 0.29) is 12.6 Å². The first-order chi connectivity index (χ1) is 6.27. The molecule has 0 aliphatic rings. The third kappa shape index (κ3) is 2.46. The lowest BCUT2D eigenvalue weighted by atomic mass is 10.2. The van der Waals surface area contributed by atoms with Crippen molar-refractivity contribution in [3.8, 4) is 18.1 Å². The molecule has 0 amide bonds. The van der Waals surface area contributed by atoms with Gasteiger partial charge in [0.2, 0.25) is 0 Å². The Morgan fingerprint density at radius 2 is 2.31 bits per heavy atom. The van der Waals surface area contributed by atoms with Gasteiger partial charge in [0.1, 0.15) is 11.6 Å². The molecule has 0 saturated carbocycles. The van der Waals surface area contributed by atoms with Gasteiger partial charge in [-0.3, -0.25) is 0 Å². The number of hydrogen-bond donors (Lipinski definition) is 0. The van der Waals surface area contributed by atoms with Crippen molar-refractivity contribution in [2.75, 3.05) is 13.9 Å². The molecule has 0 aliphatic heterocycles. The molecule has 0 fully saturated rings. The van der Waals surface area contributed by atoms with Crippen molar-refractivity contribution in [1.82, 2.24) is 0 Å². The van der Waals surface area contributed by atoms with Gasteiger partial charge in [-0.1, -0.05) is 5.92 Å². The molecule has 3 heteroatoms. The molecule has 0 N–H and O–H groups in total. The monoisotopic (exact) mass is 180 g/mol. The molecule has 2 nitrogen and oxygen atoms in total. The Morgan fingerprint density at radius 1 is 1.54 bits per heavy atom. The van der Waals surface area contributed by atoms with Gasteiger partial charge in [-0.05, 0) is 12.1 Å². The maximum Gasteiger partial charge on any atom is 0.188 e. The molecule has 0 bridgehead atoms. The van der Waals surface area contributed by atoms with Crippen LogP contribution in [0.5, 0.6) is 5.75 Å². The van der Waals surface area contributed by atoms with E-state index in [0.717, 1.165) is 0 Å². The van der Waals surface area contributed by atoms with Gasteiger partial charge in [-0.15, -0.1) is 6.42 Å². The highest BCUT2D eigenvalue weighted by molar-refractivity contribution is 5.44. The third-order valence-corrected chi connectivity index (χ3v) is 1.43. The molecule has 1 aromatic rings. The van der Waals surface area contributed by atoms with Gasteiger partial charge in [0.15, 0.2) is 6.79 Å².